The molecule has 116 valence electrons. The first-order chi connectivity index (χ1) is 9.36. The Hall–Kier alpha value is -1.79. The van der Waals surface area contributed by atoms with E-state index in [4.69, 9.17) is 5.11 Å². The van der Waals surface area contributed by atoms with Gasteiger partial charge < -0.3 is 20.6 Å². The highest BCUT2D eigenvalue weighted by atomic mass is 16.4. The van der Waals surface area contributed by atoms with Crippen molar-refractivity contribution in [2.24, 2.45) is 0 Å². The molecule has 0 spiro atoms. The quantitative estimate of drug-likeness (QED) is 0.584. The number of hydrogen-bond acceptors (Lipinski definition) is 3. The number of urea groups is 1. The second-order valence-corrected chi connectivity index (χ2v) is 4.78. The molecule has 0 fully saturated rings. The summed E-state index contributed by atoms with van der Waals surface area (Å²) in [5.74, 6) is -0.964. The van der Waals surface area contributed by atoms with Crippen LogP contribution in [0.1, 0.15) is 39.5 Å². The Labute approximate surface area is 119 Å². The Kier molecular flexibility index (Phi) is 9.15. The normalized spacial score (nSPS) is 11.6. The van der Waals surface area contributed by atoms with Crippen molar-refractivity contribution in [2.75, 3.05) is 20.1 Å². The first-order valence-electron chi connectivity index (χ1n) is 6.87. The van der Waals surface area contributed by atoms with Crippen LogP contribution in [-0.2, 0) is 9.59 Å². The fourth-order valence-electron chi connectivity index (χ4n) is 1.44. The number of aliphatic carboxylic acids is 1. The summed E-state index contributed by atoms with van der Waals surface area (Å²) in [4.78, 5) is 34.8. The maximum atomic E-state index is 11.6. The van der Waals surface area contributed by atoms with Crippen molar-refractivity contribution in [3.8, 4) is 0 Å². The van der Waals surface area contributed by atoms with Crippen LogP contribution in [0, 0.1) is 0 Å². The Balaban J connectivity index is 3.76. The van der Waals surface area contributed by atoms with Gasteiger partial charge in [0.1, 0.15) is 0 Å². The number of carbonyl (C=O) groups excluding carboxylic acids is 2. The summed E-state index contributed by atoms with van der Waals surface area (Å²) in [6, 6.07) is -0.163. The molecule has 0 radical (unpaired) electrons. The van der Waals surface area contributed by atoms with E-state index >= 15 is 0 Å². The maximum Gasteiger partial charge on any atom is 0.317 e. The molecule has 0 bridgehead atoms. The highest BCUT2D eigenvalue weighted by Gasteiger charge is 2.10. The van der Waals surface area contributed by atoms with Crippen LogP contribution in [-0.4, -0.2) is 54.1 Å². The second-order valence-electron chi connectivity index (χ2n) is 4.78. The third-order valence-electron chi connectivity index (χ3n) is 2.88. The lowest BCUT2D eigenvalue weighted by Gasteiger charge is -2.17. The van der Waals surface area contributed by atoms with Gasteiger partial charge in [0.25, 0.3) is 0 Å². The zero-order valence-corrected chi connectivity index (χ0v) is 12.4. The van der Waals surface area contributed by atoms with Crippen LogP contribution >= 0.6 is 0 Å². The zero-order valence-electron chi connectivity index (χ0n) is 12.4. The van der Waals surface area contributed by atoms with E-state index in [0.29, 0.717) is 13.0 Å². The van der Waals surface area contributed by atoms with Gasteiger partial charge in [-0.15, -0.1) is 0 Å². The SMILES string of the molecule is CCC(C)NC(=O)CCNC(=O)N(C)CCCC(=O)O. The maximum absolute atomic E-state index is 11.6. The van der Waals surface area contributed by atoms with Gasteiger partial charge in [0.05, 0.1) is 0 Å². The van der Waals surface area contributed by atoms with Crippen LogP contribution in [0.25, 0.3) is 0 Å². The molecule has 0 aliphatic carbocycles. The molecular weight excluding hydrogens is 262 g/mol. The first-order valence-corrected chi connectivity index (χ1v) is 6.87. The van der Waals surface area contributed by atoms with Crippen molar-refractivity contribution >= 4 is 17.9 Å². The van der Waals surface area contributed by atoms with E-state index < -0.39 is 5.97 Å². The Morgan fingerprint density at radius 2 is 1.90 bits per heavy atom. The van der Waals surface area contributed by atoms with E-state index in [1.807, 2.05) is 13.8 Å². The molecule has 3 N–H and O–H groups in total. The molecule has 0 aromatic heterocycles. The van der Waals surface area contributed by atoms with Crippen LogP contribution in [0.3, 0.4) is 0 Å². The minimum absolute atomic E-state index is 0.0366. The van der Waals surface area contributed by atoms with E-state index in [2.05, 4.69) is 10.6 Å². The van der Waals surface area contributed by atoms with Gasteiger partial charge in [-0.1, -0.05) is 6.92 Å². The van der Waals surface area contributed by atoms with Gasteiger partial charge in [0.15, 0.2) is 0 Å². The zero-order chi connectivity index (χ0) is 15.5. The largest absolute Gasteiger partial charge is 0.481 e. The summed E-state index contributed by atoms with van der Waals surface area (Å²) in [7, 11) is 1.59. The van der Waals surface area contributed by atoms with Gasteiger partial charge in [0.2, 0.25) is 5.91 Å². The molecule has 0 aliphatic heterocycles. The number of nitrogens with zero attached hydrogens (tertiary/aromatic N) is 1. The molecule has 7 heteroatoms. The Morgan fingerprint density at radius 3 is 2.45 bits per heavy atom. The molecule has 3 amide bonds. The standard InChI is InChI=1S/C13H25N3O4/c1-4-10(2)15-11(17)7-8-14-13(20)16(3)9-5-6-12(18)19/h10H,4-9H2,1-3H3,(H,14,20)(H,15,17)(H,18,19). The molecular formula is C13H25N3O4. The van der Waals surface area contributed by atoms with Crippen molar-refractivity contribution in [1.82, 2.24) is 15.5 Å². The molecule has 1 unspecified atom stereocenters. The Morgan fingerprint density at radius 1 is 1.25 bits per heavy atom. The van der Waals surface area contributed by atoms with Gasteiger partial charge >= 0.3 is 12.0 Å². The highest BCUT2D eigenvalue weighted by molar-refractivity contribution is 5.78. The van der Waals surface area contributed by atoms with E-state index in [0.717, 1.165) is 6.42 Å². The number of carbonyl (C=O) groups is 3. The van der Waals surface area contributed by atoms with Crippen LogP contribution in [0.5, 0.6) is 0 Å². The van der Waals surface area contributed by atoms with Gasteiger partial charge in [-0.2, -0.15) is 0 Å². The molecule has 20 heavy (non-hydrogen) atoms. The third kappa shape index (κ3) is 9.18. The van der Waals surface area contributed by atoms with Crippen molar-refractivity contribution in [2.45, 2.75) is 45.6 Å². The van der Waals surface area contributed by atoms with E-state index in [-0.39, 0.29) is 37.4 Å². The average molecular weight is 287 g/mol. The number of carboxylic acid groups (broad SMARTS) is 1. The van der Waals surface area contributed by atoms with Crippen molar-refractivity contribution in [3.63, 3.8) is 0 Å². The molecule has 0 aliphatic rings. The summed E-state index contributed by atoms with van der Waals surface area (Å²) >= 11 is 0. The molecule has 0 heterocycles. The van der Waals surface area contributed by atoms with Gasteiger partial charge in [0, 0.05) is 39.0 Å². The lowest BCUT2D eigenvalue weighted by molar-refractivity contribution is -0.137. The Bertz CT molecular complexity index is 334. The number of hydrogen-bond donors (Lipinski definition) is 3. The molecule has 0 rings (SSSR count). The summed E-state index contributed by atoms with van der Waals surface area (Å²) in [5.41, 5.74) is 0. The topological polar surface area (TPSA) is 98.7 Å². The summed E-state index contributed by atoms with van der Waals surface area (Å²) in [6.45, 7) is 4.55. The third-order valence-corrected chi connectivity index (χ3v) is 2.88. The van der Waals surface area contributed by atoms with Gasteiger partial charge in [-0.05, 0) is 19.8 Å². The second kappa shape index (κ2) is 10.1. The monoisotopic (exact) mass is 287 g/mol. The average Bonchev–Trinajstić information content (AvgIpc) is 2.37. The first kappa shape index (κ1) is 18.2. The molecule has 7 nitrogen and oxygen atoms in total. The van der Waals surface area contributed by atoms with E-state index in [9.17, 15) is 14.4 Å². The van der Waals surface area contributed by atoms with Crippen LogP contribution in [0.4, 0.5) is 4.79 Å². The highest BCUT2D eigenvalue weighted by Crippen LogP contribution is 1.94. The van der Waals surface area contributed by atoms with Crippen LogP contribution < -0.4 is 10.6 Å². The lowest BCUT2D eigenvalue weighted by atomic mass is 10.2. The summed E-state index contributed by atoms with van der Waals surface area (Å²) < 4.78 is 0. The smallest absolute Gasteiger partial charge is 0.317 e. The van der Waals surface area contributed by atoms with Gasteiger partial charge in [-0.25, -0.2) is 4.79 Å². The molecule has 0 saturated carbocycles. The molecule has 0 aromatic carbocycles. The van der Waals surface area contributed by atoms with Crippen molar-refractivity contribution in [3.05, 3.63) is 0 Å². The van der Waals surface area contributed by atoms with Crippen molar-refractivity contribution in [1.29, 1.82) is 0 Å². The molecule has 0 saturated heterocycles. The summed E-state index contributed by atoms with van der Waals surface area (Å²) in [6.07, 6.45) is 1.55. The van der Waals surface area contributed by atoms with Crippen molar-refractivity contribution < 1.29 is 19.5 Å². The van der Waals surface area contributed by atoms with E-state index in [1.165, 1.54) is 4.90 Å². The van der Waals surface area contributed by atoms with Crippen LogP contribution in [0.15, 0.2) is 0 Å². The predicted molar refractivity (Wildman–Crippen MR) is 75.4 cm³/mol. The fourth-order valence-corrected chi connectivity index (χ4v) is 1.44. The molecule has 1 atom stereocenters. The molecule has 0 aromatic rings. The lowest BCUT2D eigenvalue weighted by Crippen LogP contribution is -2.40. The van der Waals surface area contributed by atoms with Gasteiger partial charge in [-0.3, -0.25) is 9.59 Å². The van der Waals surface area contributed by atoms with E-state index in [1.54, 1.807) is 7.05 Å². The van der Waals surface area contributed by atoms with Crippen LogP contribution in [0.2, 0.25) is 0 Å². The number of rotatable bonds is 9. The minimum atomic E-state index is -0.875. The summed E-state index contributed by atoms with van der Waals surface area (Å²) in [5, 5.41) is 13.9. The number of amides is 3. The number of carboxylic acids is 1. The minimum Gasteiger partial charge on any atom is -0.481 e. The predicted octanol–water partition coefficient (Wildman–Crippen LogP) is 0.797. The fraction of sp³-hybridized carbons (Fsp3) is 0.769. The number of nitrogens with one attached hydrogen (secondary N) is 2.